The molecule has 5 heteroatoms. The van der Waals surface area contributed by atoms with Crippen LogP contribution in [0.4, 0.5) is 4.39 Å². The average molecular weight is 258 g/mol. The van der Waals surface area contributed by atoms with Gasteiger partial charge in [-0.05, 0) is 30.3 Å². The molecule has 2 aromatic rings. The fourth-order valence-corrected chi connectivity index (χ4v) is 1.42. The van der Waals surface area contributed by atoms with Crippen LogP contribution >= 0.6 is 0 Å². The zero-order valence-corrected chi connectivity index (χ0v) is 9.88. The first kappa shape index (κ1) is 12.8. The lowest BCUT2D eigenvalue weighted by molar-refractivity contribution is 0.0955. The summed E-state index contributed by atoms with van der Waals surface area (Å²) in [5.41, 5.74) is 2.91. The van der Waals surface area contributed by atoms with Gasteiger partial charge in [0.05, 0.1) is 6.21 Å². The van der Waals surface area contributed by atoms with Crippen LogP contribution in [0.3, 0.4) is 0 Å². The van der Waals surface area contributed by atoms with E-state index in [2.05, 4.69) is 10.5 Å². The Labute approximate surface area is 109 Å². The van der Waals surface area contributed by atoms with Crippen LogP contribution in [-0.2, 0) is 0 Å². The maximum Gasteiger partial charge on any atom is 0.271 e. The Morgan fingerprint density at radius 2 is 1.84 bits per heavy atom. The Morgan fingerprint density at radius 3 is 2.53 bits per heavy atom. The van der Waals surface area contributed by atoms with Crippen LogP contribution in [0, 0.1) is 5.82 Å². The number of carbonyl (C=O) groups is 1. The molecule has 96 valence electrons. The monoisotopic (exact) mass is 258 g/mol. The topological polar surface area (TPSA) is 61.7 Å². The number of rotatable bonds is 3. The van der Waals surface area contributed by atoms with Gasteiger partial charge in [0.15, 0.2) is 0 Å². The number of phenolic OH excluding ortho intramolecular Hbond substituents is 1. The number of hydrogen-bond acceptors (Lipinski definition) is 3. The first-order chi connectivity index (χ1) is 9.16. The molecule has 4 nitrogen and oxygen atoms in total. The Hall–Kier alpha value is -2.69. The molecule has 0 radical (unpaired) electrons. The van der Waals surface area contributed by atoms with Gasteiger partial charge in [-0.3, -0.25) is 4.79 Å². The normalized spacial score (nSPS) is 10.6. The number of hydrazone groups is 1. The van der Waals surface area contributed by atoms with E-state index < -0.39 is 11.7 Å². The van der Waals surface area contributed by atoms with Crippen LogP contribution in [0.1, 0.15) is 15.9 Å². The number of amides is 1. The molecule has 0 aliphatic carbocycles. The van der Waals surface area contributed by atoms with E-state index in [1.165, 1.54) is 36.5 Å². The van der Waals surface area contributed by atoms with Crippen molar-refractivity contribution < 1.29 is 14.3 Å². The van der Waals surface area contributed by atoms with Gasteiger partial charge in [-0.1, -0.05) is 18.2 Å². The van der Waals surface area contributed by atoms with Crippen molar-refractivity contribution in [3.63, 3.8) is 0 Å². The molecular weight excluding hydrogens is 247 g/mol. The number of hydrogen-bond donors (Lipinski definition) is 2. The fourth-order valence-electron chi connectivity index (χ4n) is 1.42. The summed E-state index contributed by atoms with van der Waals surface area (Å²) in [7, 11) is 0. The standard InChI is InChI=1S/C14H11FN2O2/c15-13-4-2-1-3-11(13)9-16-17-14(19)10-5-7-12(18)8-6-10/h1-9,18H,(H,17,19). The second kappa shape index (κ2) is 5.77. The quantitative estimate of drug-likeness (QED) is 0.655. The summed E-state index contributed by atoms with van der Waals surface area (Å²) in [5.74, 6) is -0.774. The van der Waals surface area contributed by atoms with Crippen LogP contribution in [0.2, 0.25) is 0 Å². The summed E-state index contributed by atoms with van der Waals surface area (Å²) in [4.78, 5) is 11.6. The Kier molecular flexibility index (Phi) is 3.87. The molecule has 0 bridgehead atoms. The van der Waals surface area contributed by atoms with Crippen molar-refractivity contribution in [2.75, 3.05) is 0 Å². The average Bonchev–Trinajstić information content (AvgIpc) is 2.41. The van der Waals surface area contributed by atoms with E-state index >= 15 is 0 Å². The van der Waals surface area contributed by atoms with Crippen LogP contribution in [0.5, 0.6) is 5.75 Å². The first-order valence-electron chi connectivity index (χ1n) is 5.54. The van der Waals surface area contributed by atoms with Gasteiger partial charge in [-0.15, -0.1) is 0 Å². The third kappa shape index (κ3) is 3.38. The van der Waals surface area contributed by atoms with E-state index in [1.807, 2.05) is 0 Å². The van der Waals surface area contributed by atoms with Gasteiger partial charge in [0.25, 0.3) is 5.91 Å². The molecule has 1 amide bonds. The van der Waals surface area contributed by atoms with Gasteiger partial charge in [0.1, 0.15) is 11.6 Å². The number of carbonyl (C=O) groups excluding carboxylic acids is 1. The Balaban J connectivity index is 2.01. The molecule has 0 atom stereocenters. The lowest BCUT2D eigenvalue weighted by Gasteiger charge is -2.00. The third-order valence-corrected chi connectivity index (χ3v) is 2.40. The van der Waals surface area contributed by atoms with Crippen molar-refractivity contribution in [1.82, 2.24) is 5.43 Å². The molecule has 0 saturated heterocycles. The number of phenols is 1. The smallest absolute Gasteiger partial charge is 0.271 e. The summed E-state index contributed by atoms with van der Waals surface area (Å²) in [6, 6.07) is 11.8. The van der Waals surface area contributed by atoms with Crippen LogP contribution in [-0.4, -0.2) is 17.2 Å². The lowest BCUT2D eigenvalue weighted by atomic mass is 10.2. The van der Waals surface area contributed by atoms with Crippen molar-refractivity contribution in [3.8, 4) is 5.75 Å². The van der Waals surface area contributed by atoms with E-state index in [1.54, 1.807) is 18.2 Å². The molecule has 0 aliphatic rings. The fraction of sp³-hybridized carbons (Fsp3) is 0. The molecule has 0 aromatic heterocycles. The second-order valence-corrected chi connectivity index (χ2v) is 3.77. The number of aromatic hydroxyl groups is 1. The van der Waals surface area contributed by atoms with Crippen molar-refractivity contribution in [2.24, 2.45) is 5.10 Å². The molecule has 0 saturated carbocycles. The van der Waals surface area contributed by atoms with Gasteiger partial charge < -0.3 is 5.11 Å². The molecule has 19 heavy (non-hydrogen) atoms. The largest absolute Gasteiger partial charge is 0.508 e. The summed E-state index contributed by atoms with van der Waals surface area (Å²) in [5, 5.41) is 12.8. The Morgan fingerprint density at radius 1 is 1.16 bits per heavy atom. The van der Waals surface area contributed by atoms with Crippen LogP contribution in [0.15, 0.2) is 53.6 Å². The summed E-state index contributed by atoms with van der Waals surface area (Å²) in [6.07, 6.45) is 1.23. The SMILES string of the molecule is O=C(NN=Cc1ccccc1F)c1ccc(O)cc1. The van der Waals surface area contributed by atoms with Gasteiger partial charge >= 0.3 is 0 Å². The highest BCUT2D eigenvalue weighted by molar-refractivity contribution is 5.94. The maximum atomic E-state index is 13.2. The predicted octanol–water partition coefficient (Wildman–Crippen LogP) is 2.30. The highest BCUT2D eigenvalue weighted by Gasteiger charge is 2.03. The minimum absolute atomic E-state index is 0.0754. The molecule has 0 unspecified atom stereocenters. The van der Waals surface area contributed by atoms with Crippen LogP contribution in [0.25, 0.3) is 0 Å². The van der Waals surface area contributed by atoms with Gasteiger partial charge in [0, 0.05) is 11.1 Å². The van der Waals surface area contributed by atoms with Crippen molar-refractivity contribution in [1.29, 1.82) is 0 Å². The molecular formula is C14H11FN2O2. The molecule has 0 aliphatic heterocycles. The van der Waals surface area contributed by atoms with Gasteiger partial charge in [-0.2, -0.15) is 5.10 Å². The highest BCUT2D eigenvalue weighted by Crippen LogP contribution is 2.09. The van der Waals surface area contributed by atoms with Gasteiger partial charge in [-0.25, -0.2) is 9.82 Å². The van der Waals surface area contributed by atoms with E-state index in [9.17, 15) is 9.18 Å². The van der Waals surface area contributed by atoms with E-state index in [0.717, 1.165) is 0 Å². The molecule has 2 N–H and O–H groups in total. The molecule has 2 aromatic carbocycles. The molecule has 0 fully saturated rings. The zero-order chi connectivity index (χ0) is 13.7. The number of nitrogens with one attached hydrogen (secondary N) is 1. The number of halogens is 1. The zero-order valence-electron chi connectivity index (χ0n) is 9.88. The van der Waals surface area contributed by atoms with Crippen molar-refractivity contribution in [3.05, 3.63) is 65.5 Å². The van der Waals surface area contributed by atoms with Crippen molar-refractivity contribution in [2.45, 2.75) is 0 Å². The first-order valence-corrected chi connectivity index (χ1v) is 5.54. The maximum absolute atomic E-state index is 13.2. The summed E-state index contributed by atoms with van der Waals surface area (Å²) < 4.78 is 13.2. The summed E-state index contributed by atoms with van der Waals surface area (Å²) in [6.45, 7) is 0. The number of nitrogens with zero attached hydrogens (tertiary/aromatic N) is 1. The minimum Gasteiger partial charge on any atom is -0.508 e. The molecule has 0 spiro atoms. The predicted molar refractivity (Wildman–Crippen MR) is 69.6 cm³/mol. The Bertz CT molecular complexity index is 609. The third-order valence-electron chi connectivity index (χ3n) is 2.40. The highest BCUT2D eigenvalue weighted by atomic mass is 19.1. The van der Waals surface area contributed by atoms with Gasteiger partial charge in [0.2, 0.25) is 0 Å². The van der Waals surface area contributed by atoms with E-state index in [4.69, 9.17) is 5.11 Å². The summed E-state index contributed by atoms with van der Waals surface area (Å²) >= 11 is 0. The van der Waals surface area contributed by atoms with E-state index in [0.29, 0.717) is 5.56 Å². The lowest BCUT2D eigenvalue weighted by Crippen LogP contribution is -2.17. The molecule has 0 heterocycles. The van der Waals surface area contributed by atoms with Crippen molar-refractivity contribution >= 4 is 12.1 Å². The van der Waals surface area contributed by atoms with Crippen LogP contribution < -0.4 is 5.43 Å². The minimum atomic E-state index is -0.437. The number of benzene rings is 2. The second-order valence-electron chi connectivity index (χ2n) is 3.77. The van der Waals surface area contributed by atoms with E-state index in [-0.39, 0.29) is 11.3 Å². The molecule has 2 rings (SSSR count).